The van der Waals surface area contributed by atoms with Gasteiger partial charge in [-0.05, 0) is 80.8 Å². The number of esters is 1. The molecule has 9 heteroatoms. The van der Waals surface area contributed by atoms with E-state index in [0.717, 1.165) is 28.8 Å². The minimum atomic E-state index is -4.41. The number of alkyl halides is 3. The van der Waals surface area contributed by atoms with Gasteiger partial charge >= 0.3 is 12.1 Å². The van der Waals surface area contributed by atoms with Crippen molar-refractivity contribution in [2.75, 3.05) is 6.61 Å². The molecule has 0 N–H and O–H groups in total. The monoisotopic (exact) mass is 501 g/mol. The standard InChI is InChI=1S/C27H26F3NO5/c1-16(14-35-25(33)12-17(2)32)18(3)21-6-5-7-23(13-21)34-15-24-19(4)36-26(31-24)20-8-10-22(11-9-20)27(28,29)30/h5-11,13H,12,14-15H2,1-4H3/b18-16+. The Bertz CT molecular complexity index is 1270. The van der Waals surface area contributed by atoms with E-state index in [0.29, 0.717) is 22.8 Å². The van der Waals surface area contributed by atoms with Crippen LogP contribution in [-0.4, -0.2) is 23.3 Å². The van der Waals surface area contributed by atoms with Crippen LogP contribution in [0, 0.1) is 6.92 Å². The maximum atomic E-state index is 12.8. The van der Waals surface area contributed by atoms with E-state index in [1.807, 2.05) is 32.0 Å². The van der Waals surface area contributed by atoms with Gasteiger partial charge in [-0.25, -0.2) is 4.98 Å². The average molecular weight is 502 g/mol. The van der Waals surface area contributed by atoms with Crippen molar-refractivity contribution in [3.8, 4) is 17.2 Å². The third kappa shape index (κ3) is 7.07. The fourth-order valence-corrected chi connectivity index (χ4v) is 3.26. The molecule has 0 atom stereocenters. The lowest BCUT2D eigenvalue weighted by atomic mass is 10.0. The molecule has 0 fully saturated rings. The average Bonchev–Trinajstić information content (AvgIpc) is 3.20. The first kappa shape index (κ1) is 26.7. The maximum absolute atomic E-state index is 12.8. The highest BCUT2D eigenvalue weighted by molar-refractivity contribution is 5.94. The van der Waals surface area contributed by atoms with Crippen molar-refractivity contribution in [1.82, 2.24) is 4.98 Å². The van der Waals surface area contributed by atoms with Crippen molar-refractivity contribution in [3.63, 3.8) is 0 Å². The van der Waals surface area contributed by atoms with Crippen LogP contribution in [0.4, 0.5) is 13.2 Å². The molecule has 0 saturated carbocycles. The van der Waals surface area contributed by atoms with Gasteiger partial charge in [0.2, 0.25) is 5.89 Å². The Balaban J connectivity index is 1.67. The molecule has 0 saturated heterocycles. The van der Waals surface area contributed by atoms with Crippen molar-refractivity contribution in [3.05, 3.63) is 76.7 Å². The zero-order valence-corrected chi connectivity index (χ0v) is 20.4. The van der Waals surface area contributed by atoms with Gasteiger partial charge in [-0.3, -0.25) is 9.59 Å². The predicted octanol–water partition coefficient (Wildman–Crippen LogP) is 6.56. The third-order valence-corrected chi connectivity index (χ3v) is 5.48. The molecule has 2 aromatic carbocycles. The van der Waals surface area contributed by atoms with Gasteiger partial charge in [0.15, 0.2) is 0 Å². The molecule has 190 valence electrons. The van der Waals surface area contributed by atoms with Gasteiger partial charge in [0.05, 0.1) is 5.56 Å². The van der Waals surface area contributed by atoms with Crippen molar-refractivity contribution in [1.29, 1.82) is 0 Å². The maximum Gasteiger partial charge on any atom is 0.416 e. The number of halogens is 3. The molecule has 0 aliphatic rings. The molecule has 0 unspecified atom stereocenters. The smallest absolute Gasteiger partial charge is 0.416 e. The van der Waals surface area contributed by atoms with Gasteiger partial charge in [0.25, 0.3) is 0 Å². The number of rotatable bonds is 9. The highest BCUT2D eigenvalue weighted by atomic mass is 19.4. The van der Waals surface area contributed by atoms with E-state index < -0.39 is 17.7 Å². The van der Waals surface area contributed by atoms with E-state index in [1.165, 1.54) is 19.1 Å². The Morgan fingerprint density at radius 1 is 1.03 bits per heavy atom. The van der Waals surface area contributed by atoms with Crippen LogP contribution in [0.2, 0.25) is 0 Å². The van der Waals surface area contributed by atoms with Crippen molar-refractivity contribution in [2.45, 2.75) is 46.9 Å². The quantitative estimate of drug-likeness (QED) is 0.244. The Morgan fingerprint density at radius 2 is 1.72 bits per heavy atom. The number of aromatic nitrogens is 1. The van der Waals surface area contributed by atoms with Gasteiger partial charge in [-0.15, -0.1) is 0 Å². The molecule has 1 heterocycles. The number of carbonyl (C=O) groups excluding carboxylic acids is 2. The fraction of sp³-hybridized carbons (Fsp3) is 0.296. The number of benzene rings is 2. The van der Waals surface area contributed by atoms with Crippen LogP contribution in [0.15, 0.2) is 58.5 Å². The number of Topliss-reactive ketones (excluding diaryl/α,β-unsaturated/α-hetero) is 1. The van der Waals surface area contributed by atoms with Crippen molar-refractivity contribution >= 4 is 17.3 Å². The highest BCUT2D eigenvalue weighted by Gasteiger charge is 2.30. The first-order valence-corrected chi connectivity index (χ1v) is 11.1. The second kappa shape index (κ2) is 11.2. The van der Waals surface area contributed by atoms with Gasteiger partial charge in [0.1, 0.15) is 42.6 Å². The molecule has 0 aliphatic carbocycles. The summed E-state index contributed by atoms with van der Waals surface area (Å²) in [5.74, 6) is 0.469. The molecule has 0 radical (unpaired) electrons. The first-order valence-electron chi connectivity index (χ1n) is 11.1. The SMILES string of the molecule is CC(=O)CC(=O)OC/C(C)=C(\C)c1cccc(OCc2nc(-c3ccc(C(F)(F)F)cc3)oc2C)c1. The lowest BCUT2D eigenvalue weighted by Crippen LogP contribution is -2.10. The van der Waals surface area contributed by atoms with Crippen molar-refractivity contribution in [2.24, 2.45) is 0 Å². The molecular weight excluding hydrogens is 475 g/mol. The molecular formula is C27H26F3NO5. The van der Waals surface area contributed by atoms with Crippen LogP contribution in [0.1, 0.15) is 49.8 Å². The molecule has 3 aromatic rings. The zero-order chi connectivity index (χ0) is 26.5. The minimum Gasteiger partial charge on any atom is -0.487 e. The number of allylic oxidation sites excluding steroid dienone is 1. The van der Waals surface area contributed by atoms with Crippen LogP contribution in [0.3, 0.4) is 0 Å². The van der Waals surface area contributed by atoms with Gasteiger partial charge in [0, 0.05) is 5.56 Å². The van der Waals surface area contributed by atoms with E-state index >= 15 is 0 Å². The number of ether oxygens (including phenoxy) is 2. The molecule has 1 aromatic heterocycles. The number of ketones is 1. The van der Waals surface area contributed by atoms with Crippen LogP contribution >= 0.6 is 0 Å². The normalized spacial score (nSPS) is 12.2. The molecule has 3 rings (SSSR count). The summed E-state index contributed by atoms with van der Waals surface area (Å²) in [6.07, 6.45) is -4.66. The number of carbonyl (C=O) groups is 2. The summed E-state index contributed by atoms with van der Waals surface area (Å²) >= 11 is 0. The lowest BCUT2D eigenvalue weighted by Gasteiger charge is -2.11. The number of nitrogens with zero attached hydrogens (tertiary/aromatic N) is 1. The Kier molecular flexibility index (Phi) is 8.34. The molecule has 36 heavy (non-hydrogen) atoms. The Hall–Kier alpha value is -3.88. The summed E-state index contributed by atoms with van der Waals surface area (Å²) in [5.41, 5.74) is 2.81. The second-order valence-electron chi connectivity index (χ2n) is 8.36. The molecule has 0 spiro atoms. The summed E-state index contributed by atoms with van der Waals surface area (Å²) in [6, 6.07) is 11.9. The first-order chi connectivity index (χ1) is 16.9. The summed E-state index contributed by atoms with van der Waals surface area (Å²) in [6.45, 7) is 6.95. The third-order valence-electron chi connectivity index (χ3n) is 5.48. The van der Waals surface area contributed by atoms with Crippen molar-refractivity contribution < 1.29 is 36.7 Å². The predicted molar refractivity (Wildman–Crippen MR) is 127 cm³/mol. The summed E-state index contributed by atoms with van der Waals surface area (Å²) < 4.78 is 55.1. The lowest BCUT2D eigenvalue weighted by molar-refractivity contribution is -0.144. The highest BCUT2D eigenvalue weighted by Crippen LogP contribution is 2.31. The topological polar surface area (TPSA) is 78.6 Å². The molecule has 0 aliphatic heterocycles. The van der Waals surface area contributed by atoms with E-state index in [-0.39, 0.29) is 31.3 Å². The summed E-state index contributed by atoms with van der Waals surface area (Å²) in [5, 5.41) is 0. The molecule has 0 amide bonds. The summed E-state index contributed by atoms with van der Waals surface area (Å²) in [4.78, 5) is 27.0. The zero-order valence-electron chi connectivity index (χ0n) is 20.4. The van der Waals surface area contributed by atoms with Gasteiger partial charge in [-0.2, -0.15) is 13.2 Å². The van der Waals surface area contributed by atoms with E-state index in [4.69, 9.17) is 13.9 Å². The van der Waals surface area contributed by atoms with Crippen LogP contribution in [0.5, 0.6) is 5.75 Å². The van der Waals surface area contributed by atoms with E-state index in [9.17, 15) is 22.8 Å². The fourth-order valence-electron chi connectivity index (χ4n) is 3.26. The van der Waals surface area contributed by atoms with E-state index in [2.05, 4.69) is 4.98 Å². The Labute approximate surface area is 206 Å². The number of aryl methyl sites for hydroxylation is 1. The number of oxazole rings is 1. The number of hydrogen-bond acceptors (Lipinski definition) is 6. The largest absolute Gasteiger partial charge is 0.487 e. The molecule has 6 nitrogen and oxygen atoms in total. The molecule has 0 bridgehead atoms. The van der Waals surface area contributed by atoms with Crippen LogP contribution in [0.25, 0.3) is 17.0 Å². The second-order valence-corrected chi connectivity index (χ2v) is 8.36. The van der Waals surface area contributed by atoms with Crippen LogP contribution in [-0.2, 0) is 27.1 Å². The minimum absolute atomic E-state index is 0.0773. The van der Waals surface area contributed by atoms with E-state index in [1.54, 1.807) is 13.0 Å². The van der Waals surface area contributed by atoms with Crippen LogP contribution < -0.4 is 4.74 Å². The summed E-state index contributed by atoms with van der Waals surface area (Å²) in [7, 11) is 0. The van der Waals surface area contributed by atoms with Gasteiger partial charge < -0.3 is 13.9 Å². The number of hydrogen-bond donors (Lipinski definition) is 0. The Morgan fingerprint density at radius 3 is 2.36 bits per heavy atom. The van der Waals surface area contributed by atoms with Gasteiger partial charge in [-0.1, -0.05) is 12.1 Å².